The zero-order valence-electron chi connectivity index (χ0n) is 22.5. The third kappa shape index (κ3) is 9.62. The second-order valence-corrected chi connectivity index (χ2v) is 10.5. The fourth-order valence-corrected chi connectivity index (χ4v) is 4.85. The van der Waals surface area contributed by atoms with Gasteiger partial charge in [-0.05, 0) is 99.0 Å². The number of nitrogens with one attached hydrogen (secondary N) is 1. The first-order chi connectivity index (χ1) is 17.4. The van der Waals surface area contributed by atoms with Crippen molar-refractivity contribution in [3.8, 4) is 11.1 Å². The van der Waals surface area contributed by atoms with E-state index in [9.17, 15) is 14.7 Å². The molecule has 0 spiro atoms. The van der Waals surface area contributed by atoms with Gasteiger partial charge in [-0.3, -0.25) is 4.79 Å². The highest BCUT2D eigenvalue weighted by Crippen LogP contribution is 2.29. The lowest BCUT2D eigenvalue weighted by Gasteiger charge is -2.22. The molecule has 0 heterocycles. The summed E-state index contributed by atoms with van der Waals surface area (Å²) in [5.74, 6) is -0.658. The Morgan fingerprint density at radius 2 is 1.64 bits per heavy atom. The fourth-order valence-electron chi connectivity index (χ4n) is 4.38. The molecular formula is C30H44N2O3S. The van der Waals surface area contributed by atoms with E-state index >= 15 is 0 Å². The van der Waals surface area contributed by atoms with Crippen LogP contribution in [0.15, 0.2) is 42.5 Å². The maximum absolute atomic E-state index is 13.3. The number of carboxylic acids is 1. The van der Waals surface area contributed by atoms with Crippen molar-refractivity contribution in [2.75, 3.05) is 31.6 Å². The van der Waals surface area contributed by atoms with E-state index in [2.05, 4.69) is 30.1 Å². The van der Waals surface area contributed by atoms with E-state index in [-0.39, 0.29) is 5.91 Å². The van der Waals surface area contributed by atoms with Crippen LogP contribution in [0, 0.1) is 6.92 Å². The van der Waals surface area contributed by atoms with Gasteiger partial charge < -0.3 is 15.3 Å². The van der Waals surface area contributed by atoms with E-state index in [1.807, 2.05) is 49.6 Å². The molecule has 0 aliphatic heterocycles. The quantitative estimate of drug-likeness (QED) is 0.255. The van der Waals surface area contributed by atoms with Crippen LogP contribution in [0.25, 0.3) is 11.1 Å². The SMILES string of the molecule is CCCCN(CCCC)CCCc1ccc(C(=O)NC(CCSC)C(=O)O)c(-c2ccccc2C)c1. The number of hydrogen-bond acceptors (Lipinski definition) is 4. The summed E-state index contributed by atoms with van der Waals surface area (Å²) in [6.45, 7) is 9.92. The maximum atomic E-state index is 13.3. The van der Waals surface area contributed by atoms with E-state index in [1.165, 1.54) is 31.2 Å². The van der Waals surface area contributed by atoms with Crippen LogP contribution in [0.1, 0.15) is 73.9 Å². The lowest BCUT2D eigenvalue weighted by atomic mass is 9.92. The van der Waals surface area contributed by atoms with Gasteiger partial charge in [0.05, 0.1) is 0 Å². The molecule has 0 saturated carbocycles. The van der Waals surface area contributed by atoms with Gasteiger partial charge in [-0.1, -0.05) is 63.1 Å². The highest BCUT2D eigenvalue weighted by molar-refractivity contribution is 7.98. The third-order valence-corrected chi connectivity index (χ3v) is 7.22. The second-order valence-electron chi connectivity index (χ2n) is 9.49. The number of carbonyl (C=O) groups is 2. The molecule has 6 heteroatoms. The van der Waals surface area contributed by atoms with Gasteiger partial charge in [-0.25, -0.2) is 4.79 Å². The molecule has 1 unspecified atom stereocenters. The molecule has 0 bridgehead atoms. The van der Waals surface area contributed by atoms with Gasteiger partial charge in [-0.15, -0.1) is 0 Å². The van der Waals surface area contributed by atoms with Crippen LogP contribution < -0.4 is 5.32 Å². The van der Waals surface area contributed by atoms with Gasteiger partial charge in [0.1, 0.15) is 6.04 Å². The van der Waals surface area contributed by atoms with Crippen LogP contribution in [0.5, 0.6) is 0 Å². The number of hydrogen-bond donors (Lipinski definition) is 2. The van der Waals surface area contributed by atoms with Crippen molar-refractivity contribution in [3.63, 3.8) is 0 Å². The Hall–Kier alpha value is -2.31. The number of nitrogens with zero attached hydrogens (tertiary/aromatic N) is 1. The van der Waals surface area contributed by atoms with Crippen molar-refractivity contribution in [2.45, 2.75) is 71.8 Å². The molecule has 198 valence electrons. The zero-order chi connectivity index (χ0) is 26.3. The van der Waals surface area contributed by atoms with Crippen molar-refractivity contribution in [1.29, 1.82) is 0 Å². The van der Waals surface area contributed by atoms with Crippen LogP contribution >= 0.6 is 11.8 Å². The monoisotopic (exact) mass is 512 g/mol. The molecule has 2 aromatic rings. The van der Waals surface area contributed by atoms with Crippen LogP contribution in [0.2, 0.25) is 0 Å². The Morgan fingerprint density at radius 3 is 2.25 bits per heavy atom. The molecule has 36 heavy (non-hydrogen) atoms. The largest absolute Gasteiger partial charge is 0.480 e. The Morgan fingerprint density at radius 1 is 0.972 bits per heavy atom. The number of benzene rings is 2. The van der Waals surface area contributed by atoms with Crippen molar-refractivity contribution < 1.29 is 14.7 Å². The third-order valence-electron chi connectivity index (χ3n) is 6.57. The number of thioether (sulfide) groups is 1. The summed E-state index contributed by atoms with van der Waals surface area (Å²) in [5.41, 5.74) is 4.69. The van der Waals surface area contributed by atoms with Gasteiger partial charge in [-0.2, -0.15) is 11.8 Å². The summed E-state index contributed by atoms with van der Waals surface area (Å²) < 4.78 is 0. The average Bonchev–Trinajstić information content (AvgIpc) is 2.87. The van der Waals surface area contributed by atoms with E-state index in [0.717, 1.165) is 49.2 Å². The van der Waals surface area contributed by atoms with Crippen LogP contribution in [0.4, 0.5) is 0 Å². The summed E-state index contributed by atoms with van der Waals surface area (Å²) in [6, 6.07) is 13.2. The van der Waals surface area contributed by atoms with Crippen molar-refractivity contribution in [1.82, 2.24) is 10.2 Å². The van der Waals surface area contributed by atoms with Gasteiger partial charge in [0, 0.05) is 5.56 Å². The van der Waals surface area contributed by atoms with Gasteiger partial charge in [0.15, 0.2) is 0 Å². The second kappa shape index (κ2) is 16.4. The Kier molecular flexibility index (Phi) is 13.7. The number of amides is 1. The standard InChI is InChI=1S/C30H44N2O3S/c1-5-7-18-32(19-8-6-2)20-11-13-24-15-16-26(27(22-24)25-14-10-9-12-23(25)3)29(33)31-28(30(34)35)17-21-36-4/h9-10,12,14-16,22,28H,5-8,11,13,17-21H2,1-4H3,(H,31,33)(H,34,35). The van der Waals surface area contributed by atoms with Gasteiger partial charge in [0.25, 0.3) is 5.91 Å². The molecule has 2 aromatic carbocycles. The minimum atomic E-state index is -0.998. The molecule has 2 N–H and O–H groups in total. The molecule has 0 aromatic heterocycles. The molecule has 0 saturated heterocycles. The Labute approximate surface area is 222 Å². The van der Waals surface area contributed by atoms with Gasteiger partial charge in [0.2, 0.25) is 0 Å². The molecule has 0 aliphatic rings. The minimum Gasteiger partial charge on any atom is -0.480 e. The van der Waals surface area contributed by atoms with Crippen LogP contribution in [0.3, 0.4) is 0 Å². The molecule has 1 atom stereocenters. The number of aliphatic carboxylic acids is 1. The predicted molar refractivity (Wildman–Crippen MR) is 153 cm³/mol. The summed E-state index contributed by atoms with van der Waals surface area (Å²) in [6.07, 6.45) is 9.24. The molecule has 0 fully saturated rings. The highest BCUT2D eigenvalue weighted by atomic mass is 32.2. The number of carboxylic acid groups (broad SMARTS) is 1. The number of unbranched alkanes of at least 4 members (excludes halogenated alkanes) is 2. The minimum absolute atomic E-state index is 0.335. The molecule has 2 rings (SSSR count). The lowest BCUT2D eigenvalue weighted by molar-refractivity contribution is -0.139. The van der Waals surface area contributed by atoms with Crippen LogP contribution in [-0.2, 0) is 11.2 Å². The zero-order valence-corrected chi connectivity index (χ0v) is 23.3. The van der Waals surface area contributed by atoms with Crippen molar-refractivity contribution >= 4 is 23.6 Å². The maximum Gasteiger partial charge on any atom is 0.326 e. The molecule has 0 radical (unpaired) electrons. The highest BCUT2D eigenvalue weighted by Gasteiger charge is 2.22. The number of rotatable bonds is 17. The van der Waals surface area contributed by atoms with Crippen molar-refractivity contribution in [3.05, 3.63) is 59.2 Å². The first-order valence-electron chi connectivity index (χ1n) is 13.3. The fraction of sp³-hybridized carbons (Fsp3) is 0.533. The Bertz CT molecular complexity index is 955. The number of aryl methyl sites for hydroxylation is 2. The van der Waals surface area contributed by atoms with Gasteiger partial charge >= 0.3 is 5.97 Å². The average molecular weight is 513 g/mol. The summed E-state index contributed by atoms with van der Waals surface area (Å²) in [7, 11) is 0. The Balaban J connectivity index is 2.24. The van der Waals surface area contributed by atoms with E-state index < -0.39 is 12.0 Å². The normalized spacial score (nSPS) is 12.0. The summed E-state index contributed by atoms with van der Waals surface area (Å²) in [5, 5.41) is 12.3. The van der Waals surface area contributed by atoms with Crippen LogP contribution in [-0.4, -0.2) is 59.6 Å². The smallest absolute Gasteiger partial charge is 0.326 e. The number of carbonyl (C=O) groups excluding carboxylic acids is 1. The molecular weight excluding hydrogens is 468 g/mol. The summed E-state index contributed by atoms with van der Waals surface area (Å²) >= 11 is 1.57. The molecule has 5 nitrogen and oxygen atoms in total. The van der Waals surface area contributed by atoms with E-state index in [0.29, 0.717) is 17.7 Å². The predicted octanol–water partition coefficient (Wildman–Crippen LogP) is 6.43. The molecule has 0 aliphatic carbocycles. The first kappa shape index (κ1) is 29.9. The van der Waals surface area contributed by atoms with E-state index in [4.69, 9.17) is 0 Å². The summed E-state index contributed by atoms with van der Waals surface area (Å²) in [4.78, 5) is 27.5. The first-order valence-corrected chi connectivity index (χ1v) is 14.7. The lowest BCUT2D eigenvalue weighted by Crippen LogP contribution is -2.41. The topological polar surface area (TPSA) is 69.6 Å². The molecule has 1 amide bonds. The van der Waals surface area contributed by atoms with Crippen molar-refractivity contribution in [2.24, 2.45) is 0 Å². The van der Waals surface area contributed by atoms with E-state index in [1.54, 1.807) is 11.8 Å².